The van der Waals surface area contributed by atoms with Crippen molar-refractivity contribution in [2.75, 3.05) is 11.9 Å². The third-order valence-electron chi connectivity index (χ3n) is 5.85. The number of amides is 2. The van der Waals surface area contributed by atoms with E-state index in [1.54, 1.807) is 24.3 Å². The molecule has 0 aliphatic heterocycles. The van der Waals surface area contributed by atoms with E-state index in [1.165, 1.54) is 18.8 Å². The van der Waals surface area contributed by atoms with Gasteiger partial charge in [-0.3, -0.25) is 9.59 Å². The van der Waals surface area contributed by atoms with Gasteiger partial charge in [-0.05, 0) is 55.0 Å². The second-order valence-electron chi connectivity index (χ2n) is 7.98. The molecule has 2 N–H and O–H groups in total. The molecule has 30 heavy (non-hydrogen) atoms. The van der Waals surface area contributed by atoms with Crippen LogP contribution in [0.2, 0.25) is 0 Å². The fourth-order valence-electron chi connectivity index (χ4n) is 3.72. The summed E-state index contributed by atoms with van der Waals surface area (Å²) in [6.45, 7) is 5.82. The van der Waals surface area contributed by atoms with Crippen molar-refractivity contribution < 1.29 is 23.5 Å². The number of benzene rings is 1. The van der Waals surface area contributed by atoms with Crippen LogP contribution in [0.5, 0.6) is 0 Å². The lowest BCUT2D eigenvalue weighted by molar-refractivity contribution is -0.125. The van der Waals surface area contributed by atoms with Crippen molar-refractivity contribution in [1.82, 2.24) is 5.32 Å². The van der Waals surface area contributed by atoms with E-state index < -0.39 is 11.9 Å². The van der Waals surface area contributed by atoms with E-state index in [9.17, 15) is 14.4 Å². The van der Waals surface area contributed by atoms with E-state index in [0.29, 0.717) is 17.5 Å². The molecule has 2 amide bonds. The first-order valence-electron chi connectivity index (χ1n) is 10.3. The number of rotatable bonds is 6. The smallest absolute Gasteiger partial charge is 0.338 e. The van der Waals surface area contributed by atoms with Gasteiger partial charge in [0.1, 0.15) is 0 Å². The van der Waals surface area contributed by atoms with Crippen LogP contribution in [0.25, 0.3) is 0 Å². The van der Waals surface area contributed by atoms with E-state index >= 15 is 0 Å². The van der Waals surface area contributed by atoms with Gasteiger partial charge in [0.2, 0.25) is 0 Å². The number of carbonyl (C=O) groups is 3. The minimum atomic E-state index is -0.622. The van der Waals surface area contributed by atoms with Crippen molar-refractivity contribution in [1.29, 1.82) is 0 Å². The molecule has 1 aliphatic rings. The zero-order valence-electron chi connectivity index (χ0n) is 17.6. The van der Waals surface area contributed by atoms with Crippen LogP contribution < -0.4 is 10.6 Å². The molecule has 0 bridgehead atoms. The third-order valence-corrected chi connectivity index (χ3v) is 5.85. The van der Waals surface area contributed by atoms with Crippen LogP contribution in [0.15, 0.2) is 41.0 Å². The first-order chi connectivity index (χ1) is 14.3. The van der Waals surface area contributed by atoms with Gasteiger partial charge in [-0.15, -0.1) is 0 Å². The summed E-state index contributed by atoms with van der Waals surface area (Å²) < 4.78 is 10.3. The minimum Gasteiger partial charge on any atom is -0.459 e. The van der Waals surface area contributed by atoms with Gasteiger partial charge in [-0.1, -0.05) is 32.8 Å². The molecule has 3 atom stereocenters. The molecule has 7 heteroatoms. The van der Waals surface area contributed by atoms with E-state index in [-0.39, 0.29) is 29.9 Å². The number of ether oxygens (including phenoxy) is 1. The van der Waals surface area contributed by atoms with Crippen molar-refractivity contribution in [2.24, 2.45) is 11.8 Å². The number of esters is 1. The summed E-state index contributed by atoms with van der Waals surface area (Å²) in [6.07, 6.45) is 4.62. The van der Waals surface area contributed by atoms with Crippen molar-refractivity contribution in [3.05, 3.63) is 53.5 Å². The molecule has 7 nitrogen and oxygen atoms in total. The van der Waals surface area contributed by atoms with Gasteiger partial charge in [0.15, 0.2) is 12.4 Å². The Hall–Kier alpha value is -3.09. The summed E-state index contributed by atoms with van der Waals surface area (Å²) in [5, 5.41) is 5.70. The van der Waals surface area contributed by atoms with Crippen LogP contribution in [-0.4, -0.2) is 30.4 Å². The Balaban J connectivity index is 1.56. The van der Waals surface area contributed by atoms with E-state index in [1.807, 2.05) is 6.92 Å². The van der Waals surface area contributed by atoms with E-state index in [2.05, 4.69) is 24.5 Å². The van der Waals surface area contributed by atoms with Crippen molar-refractivity contribution in [3.63, 3.8) is 0 Å². The quantitative estimate of drug-likeness (QED) is 0.701. The number of carbonyl (C=O) groups excluding carboxylic acids is 3. The fraction of sp³-hybridized carbons (Fsp3) is 0.435. The number of nitrogens with one attached hydrogen (secondary N) is 2. The predicted molar refractivity (Wildman–Crippen MR) is 112 cm³/mol. The Morgan fingerprint density at radius 1 is 1.17 bits per heavy atom. The average Bonchev–Trinajstić information content (AvgIpc) is 3.26. The Bertz CT molecular complexity index is 906. The number of hydrogen-bond donors (Lipinski definition) is 2. The summed E-state index contributed by atoms with van der Waals surface area (Å²) in [5.41, 5.74) is 1.51. The maximum absolute atomic E-state index is 12.4. The van der Waals surface area contributed by atoms with Gasteiger partial charge in [-0.2, -0.15) is 0 Å². The summed E-state index contributed by atoms with van der Waals surface area (Å²) in [6, 6.07) is 8.12. The van der Waals surface area contributed by atoms with Gasteiger partial charge in [0, 0.05) is 11.7 Å². The molecule has 0 saturated heterocycles. The molecule has 1 aliphatic carbocycles. The van der Waals surface area contributed by atoms with Crippen molar-refractivity contribution >= 4 is 23.5 Å². The maximum Gasteiger partial charge on any atom is 0.338 e. The molecule has 3 rings (SSSR count). The molecule has 0 spiro atoms. The van der Waals surface area contributed by atoms with Gasteiger partial charge >= 0.3 is 5.97 Å². The van der Waals surface area contributed by atoms with Crippen molar-refractivity contribution in [3.8, 4) is 0 Å². The number of anilines is 1. The average molecular weight is 412 g/mol. The molecular weight excluding hydrogens is 384 g/mol. The monoisotopic (exact) mass is 412 g/mol. The zero-order valence-corrected chi connectivity index (χ0v) is 17.6. The second-order valence-corrected chi connectivity index (χ2v) is 7.98. The lowest BCUT2D eigenvalue weighted by Gasteiger charge is -2.34. The molecule has 0 unspecified atom stereocenters. The van der Waals surface area contributed by atoms with Crippen LogP contribution >= 0.6 is 0 Å². The van der Waals surface area contributed by atoms with E-state index in [0.717, 1.165) is 18.4 Å². The molecular formula is C23H28N2O5. The van der Waals surface area contributed by atoms with Gasteiger partial charge in [0.25, 0.3) is 11.8 Å². The van der Waals surface area contributed by atoms with Crippen LogP contribution in [0.3, 0.4) is 0 Å². The van der Waals surface area contributed by atoms with E-state index in [4.69, 9.17) is 9.15 Å². The van der Waals surface area contributed by atoms with Gasteiger partial charge < -0.3 is 19.8 Å². The molecule has 1 aromatic heterocycles. The molecule has 2 aromatic rings. The fourth-order valence-corrected chi connectivity index (χ4v) is 3.72. The number of hydrogen-bond acceptors (Lipinski definition) is 5. The van der Waals surface area contributed by atoms with Crippen molar-refractivity contribution in [2.45, 2.75) is 46.1 Å². The Morgan fingerprint density at radius 3 is 2.70 bits per heavy atom. The summed E-state index contributed by atoms with van der Waals surface area (Å²) in [7, 11) is 0. The van der Waals surface area contributed by atoms with Gasteiger partial charge in [0.05, 0.1) is 11.8 Å². The lowest BCUT2D eigenvalue weighted by Crippen LogP contribution is -2.45. The largest absolute Gasteiger partial charge is 0.459 e. The number of furan rings is 1. The van der Waals surface area contributed by atoms with Crippen LogP contribution in [0.1, 0.15) is 59.6 Å². The topological polar surface area (TPSA) is 97.6 Å². The molecule has 160 valence electrons. The SMILES string of the molecule is Cc1ccc(C(=O)OCC(=O)N[C@H]2CCC[C@H](C)[C@@H]2C)cc1NC(=O)c1ccco1. The zero-order chi connectivity index (χ0) is 21.7. The summed E-state index contributed by atoms with van der Waals surface area (Å²) in [5.74, 6) is -0.199. The van der Waals surface area contributed by atoms with Crippen LogP contribution in [-0.2, 0) is 9.53 Å². The molecule has 1 heterocycles. The van der Waals surface area contributed by atoms with Crippen LogP contribution in [0, 0.1) is 18.8 Å². The molecule has 0 radical (unpaired) electrons. The molecule has 1 aromatic carbocycles. The first-order valence-corrected chi connectivity index (χ1v) is 10.3. The highest BCUT2D eigenvalue weighted by Crippen LogP contribution is 2.29. The highest BCUT2D eigenvalue weighted by atomic mass is 16.5. The Kier molecular flexibility index (Phi) is 6.92. The number of aryl methyl sites for hydroxylation is 1. The maximum atomic E-state index is 12.4. The first kappa shape index (κ1) is 21.6. The van der Waals surface area contributed by atoms with Crippen LogP contribution in [0.4, 0.5) is 5.69 Å². The normalized spacial score (nSPS) is 21.0. The molecule has 1 fully saturated rings. The standard InChI is InChI=1S/C23H28N2O5/c1-14-6-4-7-18(16(14)3)24-21(26)13-30-23(28)17-10-9-15(2)19(12-17)25-22(27)20-8-5-11-29-20/h5,8-12,14,16,18H,4,6-7,13H2,1-3H3,(H,24,26)(H,25,27)/t14-,16-,18-/m0/s1. The predicted octanol–water partition coefficient (Wildman–Crippen LogP) is 3.94. The Labute approximate surface area is 176 Å². The Morgan fingerprint density at radius 2 is 1.97 bits per heavy atom. The summed E-state index contributed by atoms with van der Waals surface area (Å²) in [4.78, 5) is 36.8. The molecule has 1 saturated carbocycles. The summed E-state index contributed by atoms with van der Waals surface area (Å²) >= 11 is 0. The minimum absolute atomic E-state index is 0.114. The highest BCUT2D eigenvalue weighted by molar-refractivity contribution is 6.03. The van der Waals surface area contributed by atoms with Gasteiger partial charge in [-0.25, -0.2) is 4.79 Å². The second kappa shape index (κ2) is 9.61. The lowest BCUT2D eigenvalue weighted by atomic mass is 9.78. The highest BCUT2D eigenvalue weighted by Gasteiger charge is 2.28. The third kappa shape index (κ3) is 5.28.